The van der Waals surface area contributed by atoms with Crippen molar-refractivity contribution in [3.05, 3.63) is 34.4 Å². The molecule has 11 heteroatoms. The van der Waals surface area contributed by atoms with Crippen LogP contribution in [0.3, 0.4) is 0 Å². The fourth-order valence-corrected chi connectivity index (χ4v) is 3.17. The predicted molar refractivity (Wildman–Crippen MR) is 87.4 cm³/mol. The molecule has 0 aromatic heterocycles. The fraction of sp³-hybridized carbons (Fsp3) is 0.429. The van der Waals surface area contributed by atoms with Gasteiger partial charge in [0.05, 0.1) is 16.4 Å². The molecule has 0 atom stereocenters. The summed E-state index contributed by atoms with van der Waals surface area (Å²) >= 11 is 0. The van der Waals surface area contributed by atoms with Crippen molar-refractivity contribution in [2.24, 2.45) is 0 Å². The van der Waals surface area contributed by atoms with Gasteiger partial charge < -0.3 is 10.0 Å². The zero-order valence-electron chi connectivity index (χ0n) is 13.9. The molecule has 10 nitrogen and oxygen atoms in total. The Bertz CT molecular complexity index is 776. The molecule has 1 aromatic rings. The Morgan fingerprint density at radius 1 is 1.28 bits per heavy atom. The zero-order chi connectivity index (χ0) is 19.4. The number of benzene rings is 1. The maximum absolute atomic E-state index is 12.5. The summed E-state index contributed by atoms with van der Waals surface area (Å²) in [6, 6.07) is 4.02. The third kappa shape index (κ3) is 5.22. The Kier molecular flexibility index (Phi) is 6.59. The summed E-state index contributed by atoms with van der Waals surface area (Å²) < 4.78 is 25.7. The second-order valence-corrected chi connectivity index (χ2v) is 7.57. The van der Waals surface area contributed by atoms with E-state index in [1.54, 1.807) is 13.8 Å². The standard InChI is InChI=1S/C14H19N3O7S/c1-10(2)16(9-14(19)20)13(18)8-15(3)25(23,24)12-6-4-5-11(7-12)17(21)22/h4-7,10H,8-9H2,1-3H3,(H,19,20). The van der Waals surface area contributed by atoms with Gasteiger partial charge in [-0.3, -0.25) is 19.7 Å². The molecule has 0 heterocycles. The summed E-state index contributed by atoms with van der Waals surface area (Å²) in [5.74, 6) is -1.90. The second-order valence-electron chi connectivity index (χ2n) is 5.52. The minimum absolute atomic E-state index is 0.327. The van der Waals surface area contributed by atoms with Crippen LogP contribution >= 0.6 is 0 Å². The Balaban J connectivity index is 3.03. The van der Waals surface area contributed by atoms with Crippen LogP contribution in [0.15, 0.2) is 29.2 Å². The van der Waals surface area contributed by atoms with E-state index in [1.165, 1.54) is 12.1 Å². The summed E-state index contributed by atoms with van der Waals surface area (Å²) in [6.45, 7) is 2.07. The van der Waals surface area contributed by atoms with Gasteiger partial charge >= 0.3 is 5.97 Å². The summed E-state index contributed by atoms with van der Waals surface area (Å²) in [7, 11) is -3.00. The van der Waals surface area contributed by atoms with E-state index in [2.05, 4.69) is 0 Å². The Morgan fingerprint density at radius 2 is 1.88 bits per heavy atom. The molecule has 0 fully saturated rings. The van der Waals surface area contributed by atoms with E-state index in [9.17, 15) is 28.1 Å². The maximum Gasteiger partial charge on any atom is 0.323 e. The predicted octanol–water partition coefficient (Wildman–Crippen LogP) is 0.537. The Labute approximate surface area is 144 Å². The Morgan fingerprint density at radius 3 is 2.36 bits per heavy atom. The molecule has 0 aliphatic carbocycles. The number of carboxylic acids is 1. The molecule has 1 N–H and O–H groups in total. The third-order valence-corrected chi connectivity index (χ3v) is 5.14. The van der Waals surface area contributed by atoms with E-state index < -0.39 is 51.6 Å². The lowest BCUT2D eigenvalue weighted by Crippen LogP contribution is -2.46. The molecule has 25 heavy (non-hydrogen) atoms. The molecule has 0 spiro atoms. The molecule has 0 aliphatic rings. The number of carbonyl (C=O) groups excluding carboxylic acids is 1. The average Bonchev–Trinajstić information content (AvgIpc) is 2.51. The minimum atomic E-state index is -4.14. The highest BCUT2D eigenvalue weighted by atomic mass is 32.2. The molecular weight excluding hydrogens is 354 g/mol. The number of hydrogen-bond donors (Lipinski definition) is 1. The number of hydrogen-bond acceptors (Lipinski definition) is 6. The van der Waals surface area contributed by atoms with Gasteiger partial charge in [0.25, 0.3) is 5.69 Å². The number of nitrogens with zero attached hydrogens (tertiary/aromatic N) is 3. The second kappa shape index (κ2) is 8.03. The molecule has 0 radical (unpaired) electrons. The summed E-state index contributed by atoms with van der Waals surface area (Å²) in [4.78, 5) is 33.8. The van der Waals surface area contributed by atoms with Gasteiger partial charge in [-0.25, -0.2) is 8.42 Å². The van der Waals surface area contributed by atoms with Gasteiger partial charge in [-0.1, -0.05) is 6.07 Å². The van der Waals surface area contributed by atoms with Gasteiger partial charge in [-0.05, 0) is 19.9 Å². The molecule has 1 amide bonds. The number of aliphatic carboxylic acids is 1. The normalized spacial score (nSPS) is 11.6. The number of carbonyl (C=O) groups is 2. The lowest BCUT2D eigenvalue weighted by molar-refractivity contribution is -0.385. The van der Waals surface area contributed by atoms with Crippen molar-refractivity contribution in [3.63, 3.8) is 0 Å². The van der Waals surface area contributed by atoms with Crippen molar-refractivity contribution in [1.29, 1.82) is 0 Å². The van der Waals surface area contributed by atoms with Crippen LogP contribution in [0.5, 0.6) is 0 Å². The van der Waals surface area contributed by atoms with Crippen LogP contribution in [0.2, 0.25) is 0 Å². The molecule has 0 bridgehead atoms. The van der Waals surface area contributed by atoms with Crippen LogP contribution in [0.1, 0.15) is 13.8 Å². The number of nitro groups is 1. The molecule has 0 saturated heterocycles. The number of nitro benzene ring substituents is 1. The first-order valence-electron chi connectivity index (χ1n) is 7.19. The highest BCUT2D eigenvalue weighted by Crippen LogP contribution is 2.20. The van der Waals surface area contributed by atoms with Gasteiger partial charge in [-0.2, -0.15) is 4.31 Å². The number of carboxylic acid groups (broad SMARTS) is 1. The first-order valence-corrected chi connectivity index (χ1v) is 8.63. The van der Waals surface area contributed by atoms with Crippen LogP contribution in [0.25, 0.3) is 0 Å². The van der Waals surface area contributed by atoms with Gasteiger partial charge in [-0.15, -0.1) is 0 Å². The fourth-order valence-electron chi connectivity index (χ4n) is 2.01. The van der Waals surface area contributed by atoms with E-state index >= 15 is 0 Å². The number of likely N-dealkylation sites (N-methyl/N-ethyl adjacent to an activating group) is 1. The van der Waals surface area contributed by atoms with Gasteiger partial charge in [0.1, 0.15) is 6.54 Å². The molecule has 138 valence electrons. The molecule has 0 aliphatic heterocycles. The van der Waals surface area contributed by atoms with Crippen LogP contribution in [0.4, 0.5) is 5.69 Å². The summed E-state index contributed by atoms with van der Waals surface area (Å²) in [5, 5.41) is 19.6. The van der Waals surface area contributed by atoms with Gasteiger partial charge in [0, 0.05) is 25.2 Å². The highest BCUT2D eigenvalue weighted by Gasteiger charge is 2.28. The van der Waals surface area contributed by atoms with Crippen molar-refractivity contribution in [2.75, 3.05) is 20.1 Å². The lowest BCUT2D eigenvalue weighted by Gasteiger charge is -2.27. The molecular formula is C14H19N3O7S. The van der Waals surface area contributed by atoms with E-state index in [0.29, 0.717) is 0 Å². The number of rotatable bonds is 8. The lowest BCUT2D eigenvalue weighted by atomic mass is 10.3. The number of sulfonamides is 1. The van der Waals surface area contributed by atoms with E-state index in [-0.39, 0.29) is 4.90 Å². The van der Waals surface area contributed by atoms with Crippen molar-refractivity contribution < 1.29 is 28.0 Å². The number of amides is 1. The van der Waals surface area contributed by atoms with Crippen molar-refractivity contribution in [1.82, 2.24) is 9.21 Å². The van der Waals surface area contributed by atoms with E-state index in [1.807, 2.05) is 0 Å². The largest absolute Gasteiger partial charge is 0.480 e. The summed E-state index contributed by atoms with van der Waals surface area (Å²) in [5.41, 5.74) is -0.393. The quantitative estimate of drug-likeness (QED) is 0.518. The van der Waals surface area contributed by atoms with Crippen LogP contribution < -0.4 is 0 Å². The number of non-ortho nitro benzene ring substituents is 1. The SMILES string of the molecule is CC(C)N(CC(=O)O)C(=O)CN(C)S(=O)(=O)c1cccc([N+](=O)[O-])c1. The molecule has 0 unspecified atom stereocenters. The maximum atomic E-state index is 12.5. The van der Waals surface area contributed by atoms with Crippen LogP contribution in [-0.4, -0.2) is 65.7 Å². The first-order chi connectivity index (χ1) is 11.5. The van der Waals surface area contributed by atoms with Gasteiger partial charge in [0.2, 0.25) is 15.9 Å². The van der Waals surface area contributed by atoms with Crippen LogP contribution in [-0.2, 0) is 19.6 Å². The molecule has 0 saturated carbocycles. The molecule has 1 aromatic carbocycles. The zero-order valence-corrected chi connectivity index (χ0v) is 14.8. The topological polar surface area (TPSA) is 138 Å². The first kappa shape index (κ1) is 20.5. The smallest absolute Gasteiger partial charge is 0.323 e. The third-order valence-electron chi connectivity index (χ3n) is 3.34. The monoisotopic (exact) mass is 373 g/mol. The van der Waals surface area contributed by atoms with Crippen molar-refractivity contribution >= 4 is 27.6 Å². The van der Waals surface area contributed by atoms with Crippen LogP contribution in [0, 0.1) is 10.1 Å². The van der Waals surface area contributed by atoms with Gasteiger partial charge in [0.15, 0.2) is 0 Å². The van der Waals surface area contributed by atoms with E-state index in [4.69, 9.17) is 5.11 Å². The minimum Gasteiger partial charge on any atom is -0.480 e. The average molecular weight is 373 g/mol. The van der Waals surface area contributed by atoms with E-state index in [0.717, 1.165) is 28.4 Å². The van der Waals surface area contributed by atoms with Crippen molar-refractivity contribution in [3.8, 4) is 0 Å². The summed E-state index contributed by atoms with van der Waals surface area (Å²) in [6.07, 6.45) is 0. The Hall–Kier alpha value is -2.53. The van der Waals surface area contributed by atoms with Crippen molar-refractivity contribution in [2.45, 2.75) is 24.8 Å². The molecule has 1 rings (SSSR count). The highest BCUT2D eigenvalue weighted by molar-refractivity contribution is 7.89.